The third-order valence-corrected chi connectivity index (χ3v) is 4.30. The average molecular weight is 439 g/mol. The van der Waals surface area contributed by atoms with Crippen LogP contribution in [0.25, 0.3) is 0 Å². The second kappa shape index (κ2) is 10.4. The molecular formula is C22H23FN6OS. The summed E-state index contributed by atoms with van der Waals surface area (Å²) in [6.07, 6.45) is 0. The van der Waals surface area contributed by atoms with Crippen molar-refractivity contribution in [3.8, 4) is 5.75 Å². The summed E-state index contributed by atoms with van der Waals surface area (Å²) in [5.74, 6) is 1.20. The van der Waals surface area contributed by atoms with Gasteiger partial charge in [0.05, 0.1) is 13.7 Å². The Kier molecular flexibility index (Phi) is 7.45. The van der Waals surface area contributed by atoms with Crippen molar-refractivity contribution in [2.24, 2.45) is 4.99 Å². The largest absolute Gasteiger partial charge is 0.497 e. The lowest BCUT2D eigenvalue weighted by molar-refractivity contribution is 0.414. The number of thiocarbonyl (C=S) groups is 1. The van der Waals surface area contributed by atoms with Gasteiger partial charge in [-0.15, -0.1) is 0 Å². The highest BCUT2D eigenvalue weighted by Gasteiger charge is 2.08. The Bertz CT molecular complexity index is 1070. The number of nitrogens with zero attached hydrogens (tertiary/aromatic N) is 3. The van der Waals surface area contributed by atoms with Crippen LogP contribution in [0.5, 0.6) is 5.75 Å². The Hall–Kier alpha value is -3.59. The zero-order valence-electron chi connectivity index (χ0n) is 17.4. The first-order valence-electron chi connectivity index (χ1n) is 9.51. The predicted octanol–water partition coefficient (Wildman–Crippen LogP) is 4.20. The van der Waals surface area contributed by atoms with Gasteiger partial charge in [-0.2, -0.15) is 0 Å². The molecule has 0 radical (unpaired) electrons. The Balaban J connectivity index is 1.78. The number of halogens is 1. The predicted molar refractivity (Wildman–Crippen MR) is 125 cm³/mol. The van der Waals surface area contributed by atoms with Gasteiger partial charge in [0, 0.05) is 17.1 Å². The van der Waals surface area contributed by atoms with Crippen LogP contribution in [0.4, 0.5) is 16.0 Å². The number of hydrogen-bond acceptors (Lipinski definition) is 5. The van der Waals surface area contributed by atoms with Gasteiger partial charge in [-0.1, -0.05) is 12.1 Å². The van der Waals surface area contributed by atoms with Crippen LogP contribution in [-0.2, 0) is 6.54 Å². The summed E-state index contributed by atoms with van der Waals surface area (Å²) in [7, 11) is 1.62. The lowest BCUT2D eigenvalue weighted by Crippen LogP contribution is -2.39. The third-order valence-electron chi connectivity index (χ3n) is 4.10. The molecule has 7 nitrogen and oxygen atoms in total. The molecule has 0 aliphatic carbocycles. The third kappa shape index (κ3) is 7.00. The van der Waals surface area contributed by atoms with Gasteiger partial charge in [0.2, 0.25) is 11.9 Å². The SMILES string of the molecule is COc1cccc(CN=C(NC(=S)Nc2ccc(F)cc2)Nc2nc(C)cc(C)n2)c1. The molecule has 0 spiro atoms. The fourth-order valence-corrected chi connectivity index (χ4v) is 2.96. The smallest absolute Gasteiger partial charge is 0.229 e. The molecule has 0 amide bonds. The number of aromatic nitrogens is 2. The molecule has 0 bridgehead atoms. The molecule has 0 fully saturated rings. The van der Waals surface area contributed by atoms with E-state index >= 15 is 0 Å². The summed E-state index contributed by atoms with van der Waals surface area (Å²) in [5.41, 5.74) is 3.26. The number of aryl methyl sites for hydroxylation is 2. The number of hydrogen-bond donors (Lipinski definition) is 3. The molecule has 3 aromatic rings. The van der Waals surface area contributed by atoms with Crippen LogP contribution in [-0.4, -0.2) is 28.1 Å². The van der Waals surface area contributed by atoms with Gasteiger partial charge in [-0.05, 0) is 74.1 Å². The summed E-state index contributed by atoms with van der Waals surface area (Å²) < 4.78 is 18.4. The van der Waals surface area contributed by atoms with Crippen molar-refractivity contribution in [2.45, 2.75) is 20.4 Å². The van der Waals surface area contributed by atoms with E-state index in [4.69, 9.17) is 17.0 Å². The van der Waals surface area contributed by atoms with E-state index in [1.807, 2.05) is 44.2 Å². The Morgan fingerprint density at radius 3 is 2.42 bits per heavy atom. The number of aliphatic imine (C=N–C) groups is 1. The number of anilines is 2. The van der Waals surface area contributed by atoms with Gasteiger partial charge in [0.25, 0.3) is 0 Å². The van der Waals surface area contributed by atoms with Crippen molar-refractivity contribution in [1.82, 2.24) is 15.3 Å². The van der Waals surface area contributed by atoms with Crippen molar-refractivity contribution in [3.05, 3.63) is 77.4 Å². The zero-order valence-corrected chi connectivity index (χ0v) is 18.3. The van der Waals surface area contributed by atoms with Gasteiger partial charge in [-0.25, -0.2) is 19.4 Å². The van der Waals surface area contributed by atoms with E-state index in [9.17, 15) is 4.39 Å². The number of guanidine groups is 1. The van der Waals surface area contributed by atoms with Crippen molar-refractivity contribution in [3.63, 3.8) is 0 Å². The maximum absolute atomic E-state index is 13.1. The molecule has 9 heteroatoms. The molecule has 0 aliphatic rings. The zero-order chi connectivity index (χ0) is 22.2. The van der Waals surface area contributed by atoms with E-state index in [2.05, 4.69) is 30.9 Å². The van der Waals surface area contributed by atoms with Gasteiger partial charge in [0.1, 0.15) is 11.6 Å². The van der Waals surface area contributed by atoms with E-state index in [-0.39, 0.29) is 10.9 Å². The van der Waals surface area contributed by atoms with Crippen molar-refractivity contribution < 1.29 is 9.13 Å². The van der Waals surface area contributed by atoms with Gasteiger partial charge in [-0.3, -0.25) is 5.32 Å². The minimum absolute atomic E-state index is 0.285. The number of benzene rings is 2. The van der Waals surface area contributed by atoms with Crippen molar-refractivity contribution >= 4 is 34.9 Å². The Morgan fingerprint density at radius 1 is 1.03 bits per heavy atom. The standard InChI is InChI=1S/C22H23FN6OS/c1-14-11-15(2)26-21(25-14)28-20(24-13-16-5-4-6-19(12-16)30-3)29-22(31)27-18-9-7-17(23)8-10-18/h4-12H,13H2,1-3H3,(H3,24,25,26,27,28,29,31). The molecule has 3 rings (SSSR count). The molecule has 160 valence electrons. The number of rotatable bonds is 5. The molecule has 31 heavy (non-hydrogen) atoms. The van der Waals surface area contributed by atoms with Crippen molar-refractivity contribution in [2.75, 3.05) is 17.7 Å². The fraction of sp³-hybridized carbons (Fsp3) is 0.182. The van der Waals surface area contributed by atoms with Crippen LogP contribution in [0.15, 0.2) is 59.6 Å². The minimum Gasteiger partial charge on any atom is -0.497 e. The molecule has 1 heterocycles. The number of ether oxygens (including phenoxy) is 1. The molecule has 0 saturated carbocycles. The van der Waals surface area contributed by atoms with E-state index < -0.39 is 0 Å². The van der Waals surface area contributed by atoms with Crippen LogP contribution in [0, 0.1) is 19.7 Å². The molecule has 1 aromatic heterocycles. The highest BCUT2D eigenvalue weighted by molar-refractivity contribution is 7.80. The first-order valence-corrected chi connectivity index (χ1v) is 9.92. The second-order valence-corrected chi connectivity index (χ2v) is 7.11. The lowest BCUT2D eigenvalue weighted by Gasteiger charge is -2.14. The monoisotopic (exact) mass is 438 g/mol. The molecule has 3 N–H and O–H groups in total. The molecule has 0 aliphatic heterocycles. The maximum atomic E-state index is 13.1. The summed E-state index contributed by atoms with van der Waals surface area (Å²) in [5, 5.41) is 9.39. The highest BCUT2D eigenvalue weighted by Crippen LogP contribution is 2.13. The van der Waals surface area contributed by atoms with Gasteiger partial charge < -0.3 is 15.4 Å². The highest BCUT2D eigenvalue weighted by atomic mass is 32.1. The van der Waals surface area contributed by atoms with Gasteiger partial charge >= 0.3 is 0 Å². The van der Waals surface area contributed by atoms with E-state index in [0.717, 1.165) is 22.7 Å². The average Bonchev–Trinajstić information content (AvgIpc) is 2.73. The molecule has 0 atom stereocenters. The van der Waals surface area contributed by atoms with E-state index in [1.54, 1.807) is 19.2 Å². The first kappa shape index (κ1) is 22.1. The number of methoxy groups -OCH3 is 1. The maximum Gasteiger partial charge on any atom is 0.229 e. The van der Waals surface area contributed by atoms with Crippen molar-refractivity contribution in [1.29, 1.82) is 0 Å². The number of nitrogens with one attached hydrogen (secondary N) is 3. The lowest BCUT2D eigenvalue weighted by atomic mass is 10.2. The van der Waals surface area contributed by atoms with E-state index in [0.29, 0.717) is 24.1 Å². The topological polar surface area (TPSA) is 83.5 Å². The van der Waals surface area contributed by atoms with E-state index in [1.165, 1.54) is 12.1 Å². The van der Waals surface area contributed by atoms with Gasteiger partial charge in [0.15, 0.2) is 5.11 Å². The normalized spacial score (nSPS) is 11.0. The summed E-state index contributed by atoms with van der Waals surface area (Å²) in [4.78, 5) is 13.4. The fourth-order valence-electron chi connectivity index (χ4n) is 2.74. The Labute approximate surface area is 185 Å². The second-order valence-electron chi connectivity index (χ2n) is 6.70. The molecule has 2 aromatic carbocycles. The Morgan fingerprint density at radius 2 is 1.74 bits per heavy atom. The van der Waals surface area contributed by atoms with Crippen LogP contribution in [0.3, 0.4) is 0 Å². The van der Waals surface area contributed by atoms with Crippen LogP contribution >= 0.6 is 12.2 Å². The molecule has 0 unspecified atom stereocenters. The first-order chi connectivity index (χ1) is 14.9. The summed E-state index contributed by atoms with van der Waals surface area (Å²) in [6.45, 7) is 4.15. The summed E-state index contributed by atoms with van der Waals surface area (Å²) in [6, 6.07) is 15.4. The molecular weight excluding hydrogens is 415 g/mol. The van der Waals surface area contributed by atoms with Crippen LogP contribution in [0.2, 0.25) is 0 Å². The van der Waals surface area contributed by atoms with Crippen LogP contribution < -0.4 is 20.7 Å². The quantitative estimate of drug-likeness (QED) is 0.313. The molecule has 0 saturated heterocycles. The minimum atomic E-state index is -0.321. The summed E-state index contributed by atoms with van der Waals surface area (Å²) >= 11 is 5.39. The van der Waals surface area contributed by atoms with Crippen LogP contribution in [0.1, 0.15) is 17.0 Å².